The first-order valence-electron chi connectivity index (χ1n) is 12.4. The number of rotatable bonds is 3. The van der Waals surface area contributed by atoms with E-state index in [1.807, 2.05) is 6.20 Å². The second kappa shape index (κ2) is 8.18. The van der Waals surface area contributed by atoms with Gasteiger partial charge in [-0.3, -0.25) is 4.98 Å². The number of nitrogens with zero attached hydrogens (tertiary/aromatic N) is 2. The molecule has 7 rings (SSSR count). The van der Waals surface area contributed by atoms with Crippen LogP contribution in [0.4, 0.5) is 0 Å². The summed E-state index contributed by atoms with van der Waals surface area (Å²) in [5.41, 5.74) is 8.78. The molecular weight excluding hydrogens is 504 g/mol. The smallest absolute Gasteiger partial charge is 0.0888 e. The van der Waals surface area contributed by atoms with Gasteiger partial charge in [0.15, 0.2) is 0 Å². The van der Waals surface area contributed by atoms with Gasteiger partial charge in [-0.1, -0.05) is 94.8 Å². The number of aromatic nitrogens is 1. The van der Waals surface area contributed by atoms with Gasteiger partial charge in [-0.25, -0.2) is 0 Å². The lowest BCUT2D eigenvalue weighted by atomic mass is 9.80. The molecule has 2 nitrogen and oxygen atoms in total. The van der Waals surface area contributed by atoms with E-state index in [9.17, 15) is 0 Å². The highest BCUT2D eigenvalue weighted by Gasteiger charge is 2.48. The number of benzene rings is 4. The minimum atomic E-state index is -0.220. The van der Waals surface area contributed by atoms with Crippen LogP contribution in [0.25, 0.3) is 28.1 Å². The summed E-state index contributed by atoms with van der Waals surface area (Å²) >= 11 is 3.75. The number of pyridine rings is 1. The third kappa shape index (κ3) is 3.12. The summed E-state index contributed by atoms with van der Waals surface area (Å²) in [6.07, 6.45) is 7.40. The van der Waals surface area contributed by atoms with Gasteiger partial charge in [0.2, 0.25) is 0 Å². The SMILES string of the molecule is CC12c3ccccc3C=CN1C(Cc1ccccc1-c1nccc3ccccc13)c1ccc(Br)cc12. The Balaban J connectivity index is 1.39. The average Bonchev–Trinajstić information content (AvgIpc) is 3.16. The molecule has 2 atom stereocenters. The van der Waals surface area contributed by atoms with Crippen LogP contribution in [0.2, 0.25) is 0 Å². The molecule has 3 heteroatoms. The van der Waals surface area contributed by atoms with E-state index in [0.717, 1.165) is 16.6 Å². The summed E-state index contributed by atoms with van der Waals surface area (Å²) in [4.78, 5) is 7.43. The van der Waals surface area contributed by atoms with Gasteiger partial charge in [-0.05, 0) is 70.8 Å². The predicted molar refractivity (Wildman–Crippen MR) is 152 cm³/mol. The van der Waals surface area contributed by atoms with Crippen LogP contribution in [0.5, 0.6) is 0 Å². The Morgan fingerprint density at radius 1 is 0.861 bits per heavy atom. The van der Waals surface area contributed by atoms with Gasteiger partial charge in [-0.15, -0.1) is 0 Å². The molecule has 0 radical (unpaired) electrons. The standard InChI is InChI=1S/C33H25BrN2/c1-33-29-13-7-4-9-23(29)17-19-36(33)31(28-15-14-25(34)21-30(28)33)20-24-10-3-6-12-27(24)32-26-11-5-2-8-22(26)16-18-35-32/h2-19,21,31H,20H2,1H3. The summed E-state index contributed by atoms with van der Waals surface area (Å²) in [6, 6.07) is 35.2. The third-order valence-electron chi connectivity index (χ3n) is 8.01. The summed E-state index contributed by atoms with van der Waals surface area (Å²) in [7, 11) is 0. The van der Waals surface area contributed by atoms with E-state index >= 15 is 0 Å². The molecule has 1 aromatic heterocycles. The maximum atomic E-state index is 4.86. The fraction of sp³-hybridized carbons (Fsp3) is 0.121. The first-order valence-corrected chi connectivity index (χ1v) is 13.2. The Morgan fingerprint density at radius 2 is 1.67 bits per heavy atom. The molecule has 0 fully saturated rings. The summed E-state index contributed by atoms with van der Waals surface area (Å²) in [5, 5.41) is 2.41. The van der Waals surface area contributed by atoms with E-state index in [1.54, 1.807) is 0 Å². The third-order valence-corrected chi connectivity index (χ3v) is 8.50. The molecule has 0 bridgehead atoms. The zero-order valence-corrected chi connectivity index (χ0v) is 21.6. The molecule has 36 heavy (non-hydrogen) atoms. The fourth-order valence-electron chi connectivity index (χ4n) is 6.30. The lowest BCUT2D eigenvalue weighted by Crippen LogP contribution is -2.40. The molecule has 0 spiro atoms. The zero-order chi connectivity index (χ0) is 24.3. The van der Waals surface area contributed by atoms with Crippen molar-refractivity contribution in [3.8, 4) is 11.3 Å². The number of hydrogen-bond acceptors (Lipinski definition) is 2. The summed E-state index contributed by atoms with van der Waals surface area (Å²) in [5.74, 6) is 0. The van der Waals surface area contributed by atoms with E-state index in [-0.39, 0.29) is 11.6 Å². The van der Waals surface area contributed by atoms with Crippen molar-refractivity contribution in [1.29, 1.82) is 0 Å². The molecule has 174 valence electrons. The second-order valence-corrected chi connectivity index (χ2v) is 10.8. The van der Waals surface area contributed by atoms with Gasteiger partial charge in [0.05, 0.1) is 17.3 Å². The predicted octanol–water partition coefficient (Wildman–Crippen LogP) is 8.51. The van der Waals surface area contributed by atoms with Crippen molar-refractivity contribution in [3.05, 3.63) is 142 Å². The fourth-order valence-corrected chi connectivity index (χ4v) is 6.67. The second-order valence-electron chi connectivity index (χ2n) is 9.87. The molecule has 2 aliphatic rings. The van der Waals surface area contributed by atoms with Crippen LogP contribution in [-0.2, 0) is 12.0 Å². The Hall–Kier alpha value is -3.69. The van der Waals surface area contributed by atoms with E-state index in [4.69, 9.17) is 4.98 Å². The van der Waals surface area contributed by atoms with E-state index in [0.29, 0.717) is 0 Å². The van der Waals surface area contributed by atoms with Crippen molar-refractivity contribution >= 4 is 32.8 Å². The first kappa shape index (κ1) is 21.6. The van der Waals surface area contributed by atoms with Gasteiger partial charge in [0, 0.05) is 27.8 Å². The highest BCUT2D eigenvalue weighted by molar-refractivity contribution is 9.10. The highest BCUT2D eigenvalue weighted by Crippen LogP contribution is 2.54. The van der Waals surface area contributed by atoms with Crippen molar-refractivity contribution in [2.75, 3.05) is 0 Å². The maximum Gasteiger partial charge on any atom is 0.0888 e. The molecule has 0 saturated heterocycles. The van der Waals surface area contributed by atoms with Crippen LogP contribution in [-0.4, -0.2) is 9.88 Å². The van der Waals surface area contributed by atoms with E-state index in [1.165, 1.54) is 44.2 Å². The van der Waals surface area contributed by atoms with Gasteiger partial charge in [0.1, 0.15) is 0 Å². The van der Waals surface area contributed by atoms with Crippen LogP contribution < -0.4 is 0 Å². The van der Waals surface area contributed by atoms with Crippen molar-refractivity contribution in [2.24, 2.45) is 0 Å². The van der Waals surface area contributed by atoms with Crippen molar-refractivity contribution in [1.82, 2.24) is 9.88 Å². The van der Waals surface area contributed by atoms with Crippen LogP contribution in [0.15, 0.2) is 114 Å². The largest absolute Gasteiger partial charge is 0.357 e. The molecule has 5 aromatic rings. The Labute approximate surface area is 220 Å². The van der Waals surface area contributed by atoms with Gasteiger partial charge >= 0.3 is 0 Å². The van der Waals surface area contributed by atoms with Crippen molar-refractivity contribution in [2.45, 2.75) is 24.9 Å². The molecule has 0 N–H and O–H groups in total. The van der Waals surface area contributed by atoms with Crippen LogP contribution in [0.1, 0.15) is 40.8 Å². The van der Waals surface area contributed by atoms with Gasteiger partial charge in [0.25, 0.3) is 0 Å². The monoisotopic (exact) mass is 528 g/mol. The Bertz CT molecular complexity index is 1660. The molecule has 0 amide bonds. The van der Waals surface area contributed by atoms with Gasteiger partial charge in [-0.2, -0.15) is 0 Å². The summed E-state index contributed by atoms with van der Waals surface area (Å²) in [6.45, 7) is 2.37. The average molecular weight is 529 g/mol. The van der Waals surface area contributed by atoms with Crippen molar-refractivity contribution < 1.29 is 0 Å². The van der Waals surface area contributed by atoms with Crippen molar-refractivity contribution in [3.63, 3.8) is 0 Å². The molecule has 0 saturated carbocycles. The lowest BCUT2D eigenvalue weighted by Gasteiger charge is -2.42. The lowest BCUT2D eigenvalue weighted by molar-refractivity contribution is 0.178. The van der Waals surface area contributed by atoms with Crippen LogP contribution >= 0.6 is 15.9 Å². The number of halogens is 1. The number of hydrogen-bond donors (Lipinski definition) is 0. The maximum absolute atomic E-state index is 4.86. The quantitative estimate of drug-likeness (QED) is 0.233. The number of fused-ring (bicyclic) bond motifs is 6. The molecule has 2 unspecified atom stereocenters. The summed E-state index contributed by atoms with van der Waals surface area (Å²) < 4.78 is 1.12. The van der Waals surface area contributed by atoms with E-state index in [2.05, 4.69) is 137 Å². The minimum Gasteiger partial charge on any atom is -0.357 e. The molecule has 2 aliphatic heterocycles. The van der Waals surface area contributed by atoms with Crippen LogP contribution in [0.3, 0.4) is 0 Å². The molecule has 4 aromatic carbocycles. The van der Waals surface area contributed by atoms with E-state index < -0.39 is 0 Å². The van der Waals surface area contributed by atoms with Gasteiger partial charge < -0.3 is 4.90 Å². The molecule has 0 aliphatic carbocycles. The molecule has 3 heterocycles. The Morgan fingerprint density at radius 3 is 2.61 bits per heavy atom. The first-order chi connectivity index (χ1) is 17.6. The Kier molecular flexibility index (Phi) is 4.90. The van der Waals surface area contributed by atoms with Crippen LogP contribution in [0, 0.1) is 0 Å². The highest BCUT2D eigenvalue weighted by atomic mass is 79.9. The zero-order valence-electron chi connectivity index (χ0n) is 20.0. The normalized spacial score (nSPS) is 19.7. The minimum absolute atomic E-state index is 0.220. The molecular formula is C33H25BrN2. The topological polar surface area (TPSA) is 16.1 Å².